The summed E-state index contributed by atoms with van der Waals surface area (Å²) in [5.74, 6) is 0. The number of hydrogen-bond donors (Lipinski definition) is 1. The van der Waals surface area contributed by atoms with Gasteiger partial charge in [-0.15, -0.1) is 0 Å². The van der Waals surface area contributed by atoms with Crippen molar-refractivity contribution < 1.29 is 4.74 Å². The molecule has 4 heteroatoms. The molecule has 0 aliphatic heterocycles. The highest BCUT2D eigenvalue weighted by molar-refractivity contribution is 5.30. The zero-order valence-corrected chi connectivity index (χ0v) is 12.5. The Kier molecular flexibility index (Phi) is 5.32. The molecule has 0 bridgehead atoms. The first-order valence-electron chi connectivity index (χ1n) is 6.96. The molecular formula is C16H23N3O. The van der Waals surface area contributed by atoms with E-state index in [9.17, 15) is 0 Å². The topological polar surface area (TPSA) is 39.1 Å². The van der Waals surface area contributed by atoms with Crippen LogP contribution in [0.1, 0.15) is 22.3 Å². The summed E-state index contributed by atoms with van der Waals surface area (Å²) < 4.78 is 7.00. The Morgan fingerprint density at radius 3 is 2.95 bits per heavy atom. The molecule has 1 aromatic carbocycles. The van der Waals surface area contributed by atoms with E-state index in [1.807, 2.05) is 10.9 Å². The fourth-order valence-electron chi connectivity index (χ4n) is 2.14. The minimum atomic E-state index is 0.733. The van der Waals surface area contributed by atoms with Crippen molar-refractivity contribution in [2.75, 3.05) is 20.3 Å². The molecule has 0 unspecified atom stereocenters. The van der Waals surface area contributed by atoms with Gasteiger partial charge in [-0.2, -0.15) is 5.10 Å². The normalized spacial score (nSPS) is 10.9. The molecular weight excluding hydrogens is 250 g/mol. The summed E-state index contributed by atoms with van der Waals surface area (Å²) in [7, 11) is 1.71. The highest BCUT2D eigenvalue weighted by atomic mass is 16.5. The molecule has 4 nitrogen and oxygen atoms in total. The van der Waals surface area contributed by atoms with Gasteiger partial charge >= 0.3 is 0 Å². The first-order valence-corrected chi connectivity index (χ1v) is 6.96. The van der Waals surface area contributed by atoms with Gasteiger partial charge in [-0.25, -0.2) is 0 Å². The molecule has 108 valence electrons. The Labute approximate surface area is 120 Å². The van der Waals surface area contributed by atoms with Crippen LogP contribution in [-0.2, 0) is 17.8 Å². The smallest absolute Gasteiger partial charge is 0.0662 e. The number of hydrogen-bond acceptors (Lipinski definition) is 3. The van der Waals surface area contributed by atoms with Crippen molar-refractivity contribution in [1.82, 2.24) is 15.1 Å². The Morgan fingerprint density at radius 1 is 1.30 bits per heavy atom. The van der Waals surface area contributed by atoms with Gasteiger partial charge in [-0.05, 0) is 25.0 Å². The molecule has 0 saturated carbocycles. The lowest BCUT2D eigenvalue weighted by atomic mass is 10.1. The van der Waals surface area contributed by atoms with E-state index in [0.29, 0.717) is 0 Å². The summed E-state index contributed by atoms with van der Waals surface area (Å²) in [5, 5.41) is 7.75. The Morgan fingerprint density at radius 2 is 2.15 bits per heavy atom. The van der Waals surface area contributed by atoms with Crippen LogP contribution in [0.25, 0.3) is 0 Å². The van der Waals surface area contributed by atoms with Crippen LogP contribution in [-0.4, -0.2) is 30.0 Å². The predicted octanol–water partition coefficient (Wildman–Crippen LogP) is 2.28. The number of rotatable bonds is 7. The van der Waals surface area contributed by atoms with Crippen LogP contribution in [0.2, 0.25) is 0 Å². The molecule has 0 radical (unpaired) electrons. The van der Waals surface area contributed by atoms with E-state index in [0.717, 1.165) is 26.2 Å². The number of nitrogens with one attached hydrogen (secondary N) is 1. The van der Waals surface area contributed by atoms with Crippen molar-refractivity contribution in [3.8, 4) is 0 Å². The summed E-state index contributed by atoms with van der Waals surface area (Å²) >= 11 is 0. The maximum absolute atomic E-state index is 5.01. The van der Waals surface area contributed by atoms with Crippen LogP contribution in [0.15, 0.2) is 30.6 Å². The highest BCUT2D eigenvalue weighted by Crippen LogP contribution is 2.12. The number of ether oxygens (including phenoxy) is 1. The Hall–Kier alpha value is -1.65. The first kappa shape index (κ1) is 14.8. The molecule has 0 fully saturated rings. The monoisotopic (exact) mass is 273 g/mol. The average molecular weight is 273 g/mol. The lowest BCUT2D eigenvalue weighted by Gasteiger charge is -2.07. The first-order chi connectivity index (χ1) is 9.69. The van der Waals surface area contributed by atoms with Crippen LogP contribution in [0.4, 0.5) is 0 Å². The van der Waals surface area contributed by atoms with Gasteiger partial charge in [-0.1, -0.05) is 23.8 Å². The molecule has 0 aliphatic rings. The molecule has 1 N–H and O–H groups in total. The quantitative estimate of drug-likeness (QED) is 0.787. The third-order valence-corrected chi connectivity index (χ3v) is 3.34. The number of aryl methyl sites for hydroxylation is 2. The second kappa shape index (κ2) is 7.22. The van der Waals surface area contributed by atoms with E-state index >= 15 is 0 Å². The molecule has 0 aliphatic carbocycles. The summed E-state index contributed by atoms with van der Waals surface area (Å²) in [6.07, 6.45) is 4.02. The molecule has 2 rings (SSSR count). The fraction of sp³-hybridized carbons (Fsp3) is 0.438. The molecule has 0 amide bonds. The van der Waals surface area contributed by atoms with Crippen LogP contribution < -0.4 is 5.32 Å². The number of methoxy groups -OCH3 is 1. The third kappa shape index (κ3) is 4.18. The molecule has 1 aromatic heterocycles. The number of benzene rings is 1. The van der Waals surface area contributed by atoms with Crippen molar-refractivity contribution in [1.29, 1.82) is 0 Å². The zero-order valence-electron chi connectivity index (χ0n) is 12.5. The largest absolute Gasteiger partial charge is 0.383 e. The molecule has 20 heavy (non-hydrogen) atoms. The fourth-order valence-corrected chi connectivity index (χ4v) is 2.14. The number of nitrogens with zero attached hydrogens (tertiary/aromatic N) is 2. The lowest BCUT2D eigenvalue weighted by Crippen LogP contribution is -2.18. The molecule has 1 heterocycles. The summed E-state index contributed by atoms with van der Waals surface area (Å²) in [6.45, 7) is 7.51. The zero-order chi connectivity index (χ0) is 14.4. The minimum Gasteiger partial charge on any atom is -0.383 e. The second-order valence-corrected chi connectivity index (χ2v) is 5.15. The van der Waals surface area contributed by atoms with Crippen LogP contribution in [0, 0.1) is 13.8 Å². The van der Waals surface area contributed by atoms with Crippen LogP contribution >= 0.6 is 0 Å². The second-order valence-electron chi connectivity index (χ2n) is 5.15. The highest BCUT2D eigenvalue weighted by Gasteiger charge is 2.02. The molecule has 0 atom stereocenters. The summed E-state index contributed by atoms with van der Waals surface area (Å²) in [4.78, 5) is 0. The van der Waals surface area contributed by atoms with Crippen molar-refractivity contribution in [3.05, 3.63) is 52.8 Å². The summed E-state index contributed by atoms with van der Waals surface area (Å²) in [5.41, 5.74) is 5.13. The van der Waals surface area contributed by atoms with Crippen molar-refractivity contribution in [3.63, 3.8) is 0 Å². The SMILES string of the molecule is COCCNCc1cnn(Cc2cc(C)ccc2C)c1. The molecule has 2 aromatic rings. The van der Waals surface area contributed by atoms with Crippen molar-refractivity contribution in [2.45, 2.75) is 26.9 Å². The van der Waals surface area contributed by atoms with Crippen molar-refractivity contribution >= 4 is 0 Å². The van der Waals surface area contributed by atoms with Gasteiger partial charge < -0.3 is 10.1 Å². The van der Waals surface area contributed by atoms with Gasteiger partial charge in [0.15, 0.2) is 0 Å². The predicted molar refractivity (Wildman–Crippen MR) is 80.8 cm³/mol. The van der Waals surface area contributed by atoms with E-state index < -0.39 is 0 Å². The van der Waals surface area contributed by atoms with E-state index in [2.05, 4.69) is 48.7 Å². The van der Waals surface area contributed by atoms with Crippen LogP contribution in [0.5, 0.6) is 0 Å². The maximum Gasteiger partial charge on any atom is 0.0662 e. The average Bonchev–Trinajstić information content (AvgIpc) is 2.87. The summed E-state index contributed by atoms with van der Waals surface area (Å²) in [6, 6.07) is 6.54. The van der Waals surface area contributed by atoms with Gasteiger partial charge in [0.2, 0.25) is 0 Å². The number of aromatic nitrogens is 2. The maximum atomic E-state index is 5.01. The third-order valence-electron chi connectivity index (χ3n) is 3.34. The van der Waals surface area contributed by atoms with Crippen LogP contribution in [0.3, 0.4) is 0 Å². The van der Waals surface area contributed by atoms with Gasteiger partial charge in [-0.3, -0.25) is 4.68 Å². The van der Waals surface area contributed by atoms with Gasteiger partial charge in [0.1, 0.15) is 0 Å². The van der Waals surface area contributed by atoms with E-state index in [-0.39, 0.29) is 0 Å². The van der Waals surface area contributed by atoms with Crippen molar-refractivity contribution in [2.24, 2.45) is 0 Å². The Balaban J connectivity index is 1.93. The lowest BCUT2D eigenvalue weighted by molar-refractivity contribution is 0.199. The molecule has 0 saturated heterocycles. The van der Waals surface area contributed by atoms with Gasteiger partial charge in [0.25, 0.3) is 0 Å². The minimum absolute atomic E-state index is 0.733. The standard InChI is InChI=1S/C16H23N3O/c1-13-4-5-14(2)16(8-13)12-19-11-15(10-18-19)9-17-6-7-20-3/h4-5,8,10-11,17H,6-7,9,12H2,1-3H3. The Bertz CT molecular complexity index is 548. The van der Waals surface area contributed by atoms with E-state index in [1.54, 1.807) is 7.11 Å². The van der Waals surface area contributed by atoms with E-state index in [4.69, 9.17) is 4.74 Å². The van der Waals surface area contributed by atoms with E-state index in [1.165, 1.54) is 22.3 Å². The van der Waals surface area contributed by atoms with Gasteiger partial charge in [0, 0.05) is 32.0 Å². The van der Waals surface area contributed by atoms with Gasteiger partial charge in [0.05, 0.1) is 19.3 Å². The molecule has 0 spiro atoms.